The fourth-order valence-corrected chi connectivity index (χ4v) is 20.3. The lowest BCUT2D eigenvalue weighted by molar-refractivity contribution is 0.471. The summed E-state index contributed by atoms with van der Waals surface area (Å²) in [4.78, 5) is 0. The van der Waals surface area contributed by atoms with Crippen LogP contribution < -0.4 is 15.9 Å². The molecule has 1 heterocycles. The Bertz CT molecular complexity index is 1690. The summed E-state index contributed by atoms with van der Waals surface area (Å²) < 4.78 is 0. The molecule has 5 aliphatic rings. The standard InChI is InChI=1S/C46H62Cl2N2P/c1-29-25-31(3)41(32(4)26-29)43-39(47)22-21-38(42(43)46-49-23-24-50-46)44(48)37-19-13-14-20-40(37)51(35-15-9-7-10-16-35,36-17-11-8-12-18-36)45-33(5)27-30(2)28-34(45)6/h21-22,25-28,35-36,38,40,49-50H,7-20,23-24H2,1-6H3/q+1. The van der Waals surface area contributed by atoms with E-state index < -0.39 is 7.26 Å². The van der Waals surface area contributed by atoms with Gasteiger partial charge in [0.1, 0.15) is 11.1 Å². The summed E-state index contributed by atoms with van der Waals surface area (Å²) in [6.07, 6.45) is 23.4. The highest BCUT2D eigenvalue weighted by atomic mass is 35.5. The van der Waals surface area contributed by atoms with Gasteiger partial charge in [0.25, 0.3) is 0 Å². The predicted molar refractivity (Wildman–Crippen MR) is 225 cm³/mol. The van der Waals surface area contributed by atoms with Gasteiger partial charge in [-0.2, -0.15) is 0 Å². The Morgan fingerprint density at radius 1 is 0.667 bits per heavy atom. The van der Waals surface area contributed by atoms with E-state index in [0.29, 0.717) is 5.66 Å². The molecule has 0 bridgehead atoms. The maximum atomic E-state index is 8.18. The fourth-order valence-electron chi connectivity index (χ4n) is 11.7. The summed E-state index contributed by atoms with van der Waals surface area (Å²) in [7, 11) is -1.73. The topological polar surface area (TPSA) is 24.1 Å². The lowest BCUT2D eigenvalue weighted by atomic mass is 9.79. The van der Waals surface area contributed by atoms with Crippen LogP contribution in [0.25, 0.3) is 5.57 Å². The monoisotopic (exact) mass is 743 g/mol. The number of nitrogens with one attached hydrogen (secondary N) is 2. The van der Waals surface area contributed by atoms with Gasteiger partial charge in [-0.25, -0.2) is 0 Å². The summed E-state index contributed by atoms with van der Waals surface area (Å²) >= 11 is 15.5. The molecule has 4 fully saturated rings. The van der Waals surface area contributed by atoms with Gasteiger partial charge in [0.05, 0.1) is 24.2 Å². The van der Waals surface area contributed by atoms with Crippen molar-refractivity contribution in [1.29, 1.82) is 0 Å². The van der Waals surface area contributed by atoms with Gasteiger partial charge in [0.15, 0.2) is 0 Å². The van der Waals surface area contributed by atoms with Gasteiger partial charge in [0, 0.05) is 40.2 Å². The van der Waals surface area contributed by atoms with Crippen molar-refractivity contribution in [2.45, 2.75) is 148 Å². The Morgan fingerprint density at radius 3 is 1.73 bits per heavy atom. The van der Waals surface area contributed by atoms with Crippen LogP contribution in [0.5, 0.6) is 0 Å². The van der Waals surface area contributed by atoms with Crippen molar-refractivity contribution in [3.8, 4) is 0 Å². The Morgan fingerprint density at radius 2 is 1.18 bits per heavy atom. The molecule has 2 unspecified atom stereocenters. The molecule has 4 aliphatic carbocycles. The Hall–Kier alpha value is -1.99. The van der Waals surface area contributed by atoms with Crippen molar-refractivity contribution in [2.24, 2.45) is 5.92 Å². The summed E-state index contributed by atoms with van der Waals surface area (Å²) in [6.45, 7) is 15.7. The average molecular weight is 745 g/mol. The van der Waals surface area contributed by atoms with Crippen LogP contribution >= 0.6 is 30.5 Å². The van der Waals surface area contributed by atoms with Gasteiger partial charge in [-0.05, 0) is 158 Å². The van der Waals surface area contributed by atoms with Crippen molar-refractivity contribution in [3.05, 3.63) is 102 Å². The molecule has 2 atom stereocenters. The summed E-state index contributed by atoms with van der Waals surface area (Å²) in [6, 6.07) is 9.68. The zero-order valence-corrected chi connectivity index (χ0v) is 34.7. The first-order valence-electron chi connectivity index (χ1n) is 20.4. The number of hydrogen-bond donors (Lipinski definition) is 2. The van der Waals surface area contributed by atoms with E-state index in [1.807, 2.05) is 5.30 Å². The van der Waals surface area contributed by atoms with Gasteiger partial charge in [-0.15, -0.1) is 0 Å². The molecule has 2 nitrogen and oxygen atoms in total. The molecule has 274 valence electrons. The highest BCUT2D eigenvalue weighted by Gasteiger charge is 2.61. The molecule has 2 aromatic rings. The van der Waals surface area contributed by atoms with E-state index in [0.717, 1.165) is 52.3 Å². The molecular weight excluding hydrogens is 682 g/mol. The molecule has 2 N–H and O–H groups in total. The highest BCUT2D eigenvalue weighted by Crippen LogP contribution is 2.78. The molecule has 0 radical (unpaired) electrons. The molecule has 1 aliphatic heterocycles. The Kier molecular flexibility index (Phi) is 11.5. The molecule has 0 aromatic heterocycles. The van der Waals surface area contributed by atoms with Gasteiger partial charge >= 0.3 is 0 Å². The number of hydrogen-bond acceptors (Lipinski definition) is 2. The smallest absolute Gasteiger partial charge is 0.104 e. The van der Waals surface area contributed by atoms with Crippen molar-refractivity contribution >= 4 is 41.3 Å². The van der Waals surface area contributed by atoms with Gasteiger partial charge in [0.2, 0.25) is 0 Å². The van der Waals surface area contributed by atoms with E-state index in [2.05, 4.69) is 88.6 Å². The van der Waals surface area contributed by atoms with Crippen molar-refractivity contribution < 1.29 is 0 Å². The average Bonchev–Trinajstić information content (AvgIpc) is 3.65. The van der Waals surface area contributed by atoms with Crippen LogP contribution in [0.4, 0.5) is 0 Å². The van der Waals surface area contributed by atoms with Crippen LogP contribution in [0.3, 0.4) is 0 Å². The second-order valence-electron chi connectivity index (χ2n) is 16.8. The van der Waals surface area contributed by atoms with E-state index in [4.69, 9.17) is 23.2 Å². The summed E-state index contributed by atoms with van der Waals surface area (Å²) in [5.41, 5.74) is 15.8. The van der Waals surface area contributed by atoms with Crippen LogP contribution in [0, 0.1) is 47.5 Å². The van der Waals surface area contributed by atoms with Crippen LogP contribution in [-0.2, 0) is 0 Å². The summed E-state index contributed by atoms with van der Waals surface area (Å²) in [5, 5.41) is 11.2. The molecule has 0 amide bonds. The number of rotatable bonds is 6. The van der Waals surface area contributed by atoms with Crippen molar-refractivity contribution in [2.75, 3.05) is 13.1 Å². The zero-order valence-electron chi connectivity index (χ0n) is 32.3. The van der Waals surface area contributed by atoms with Gasteiger partial charge < -0.3 is 10.6 Å². The number of aryl methyl sites for hydroxylation is 6. The molecule has 2 aromatic carbocycles. The molecule has 5 heteroatoms. The zero-order chi connectivity index (χ0) is 35.9. The number of allylic oxidation sites excluding steroid dienone is 7. The maximum absolute atomic E-state index is 8.18. The van der Waals surface area contributed by atoms with E-state index in [9.17, 15) is 0 Å². The normalized spacial score (nSPS) is 24.9. The SMILES string of the molecule is Cc1cc(C)c(C2=C(Cl)C=CC(C(Cl)=C3CCCCC3[P+](c3c(C)cc(C)cc3C)(C3CCCCC3)C3CCCCC3)C2=C2NCCN2)c(C)c1. The lowest BCUT2D eigenvalue weighted by Crippen LogP contribution is -2.44. The molecular formula is C46H62Cl2N2P+. The largest absolute Gasteiger partial charge is 0.370 e. The minimum atomic E-state index is -1.73. The van der Waals surface area contributed by atoms with Crippen LogP contribution in [0.2, 0.25) is 0 Å². The molecule has 7 rings (SSSR count). The van der Waals surface area contributed by atoms with E-state index in [-0.39, 0.29) is 5.92 Å². The highest BCUT2D eigenvalue weighted by molar-refractivity contribution is 7.85. The van der Waals surface area contributed by atoms with Gasteiger partial charge in [-0.1, -0.05) is 77.5 Å². The lowest BCUT2D eigenvalue weighted by Gasteiger charge is -2.50. The van der Waals surface area contributed by atoms with Crippen molar-refractivity contribution in [3.63, 3.8) is 0 Å². The fraction of sp³-hybridized carbons (Fsp3) is 0.565. The Labute approximate surface area is 320 Å². The molecule has 3 saturated carbocycles. The minimum Gasteiger partial charge on any atom is -0.370 e. The maximum Gasteiger partial charge on any atom is 0.104 e. The predicted octanol–water partition coefficient (Wildman–Crippen LogP) is 12.5. The summed E-state index contributed by atoms with van der Waals surface area (Å²) in [5.74, 6) is 1.07. The molecule has 1 saturated heterocycles. The first-order chi connectivity index (χ1) is 24.6. The van der Waals surface area contributed by atoms with Crippen LogP contribution in [0.1, 0.15) is 129 Å². The first-order valence-corrected chi connectivity index (χ1v) is 23.1. The molecule has 0 spiro atoms. The Balaban J connectivity index is 1.46. The van der Waals surface area contributed by atoms with Crippen LogP contribution in [0.15, 0.2) is 63.4 Å². The third-order valence-corrected chi connectivity index (χ3v) is 20.6. The van der Waals surface area contributed by atoms with Crippen molar-refractivity contribution in [1.82, 2.24) is 10.6 Å². The second-order valence-corrected chi connectivity index (χ2v) is 21.8. The third kappa shape index (κ3) is 6.94. The third-order valence-electron chi connectivity index (χ3n) is 13.2. The van der Waals surface area contributed by atoms with E-state index in [1.165, 1.54) is 117 Å². The van der Waals surface area contributed by atoms with Crippen LogP contribution in [-0.4, -0.2) is 30.1 Å². The van der Waals surface area contributed by atoms with E-state index in [1.54, 1.807) is 16.7 Å². The molecule has 51 heavy (non-hydrogen) atoms. The van der Waals surface area contributed by atoms with Gasteiger partial charge in [-0.3, -0.25) is 0 Å². The second kappa shape index (κ2) is 15.8. The quantitative estimate of drug-likeness (QED) is 0.288. The number of benzene rings is 2. The number of halogens is 2. The minimum absolute atomic E-state index is 0.0345. The first kappa shape index (κ1) is 37.3. The van der Waals surface area contributed by atoms with E-state index >= 15 is 0 Å².